The summed E-state index contributed by atoms with van der Waals surface area (Å²) in [6.45, 7) is 4.69. The Balaban J connectivity index is 1.38. The first-order chi connectivity index (χ1) is 16.9. The molecule has 0 aromatic heterocycles. The number of amides is 2. The predicted molar refractivity (Wildman–Crippen MR) is 137 cm³/mol. The first-order valence-corrected chi connectivity index (χ1v) is 11.7. The molecule has 182 valence electrons. The molecule has 1 aliphatic heterocycles. The summed E-state index contributed by atoms with van der Waals surface area (Å²) in [5.74, 6) is 0.0344. The summed E-state index contributed by atoms with van der Waals surface area (Å²) in [5, 5.41) is 0.342. The van der Waals surface area contributed by atoms with E-state index in [9.17, 15) is 9.59 Å². The van der Waals surface area contributed by atoms with E-state index in [0.29, 0.717) is 35.4 Å². The molecule has 0 radical (unpaired) electrons. The molecule has 3 aromatic carbocycles. The number of carbonyl (C=O) groups excluding carboxylic acids is 2. The molecule has 35 heavy (non-hydrogen) atoms. The summed E-state index contributed by atoms with van der Waals surface area (Å²) in [5.41, 5.74) is 10.2. The van der Waals surface area contributed by atoms with Crippen LogP contribution in [-0.2, 0) is 16.2 Å². The van der Waals surface area contributed by atoms with Crippen LogP contribution in [0.2, 0.25) is 5.02 Å². The summed E-state index contributed by atoms with van der Waals surface area (Å²) in [6, 6.07) is 18.9. The van der Waals surface area contributed by atoms with E-state index >= 15 is 0 Å². The fourth-order valence-corrected chi connectivity index (χ4v) is 4.19. The lowest BCUT2D eigenvalue weighted by Gasteiger charge is -2.18. The van der Waals surface area contributed by atoms with E-state index in [2.05, 4.69) is 10.9 Å². The molecule has 0 spiro atoms. The molecule has 1 atom stereocenters. The summed E-state index contributed by atoms with van der Waals surface area (Å²) in [7, 11) is 1.52. The van der Waals surface area contributed by atoms with E-state index in [1.165, 1.54) is 7.11 Å². The molecule has 4 rings (SSSR count). The van der Waals surface area contributed by atoms with Crippen LogP contribution >= 0.6 is 11.6 Å². The van der Waals surface area contributed by atoms with Gasteiger partial charge in [0.2, 0.25) is 11.8 Å². The number of aryl methyl sites for hydroxylation is 2. The first-order valence-electron chi connectivity index (χ1n) is 11.3. The fourth-order valence-electron chi connectivity index (χ4n) is 3.92. The van der Waals surface area contributed by atoms with Gasteiger partial charge in [-0.1, -0.05) is 48.0 Å². The van der Waals surface area contributed by atoms with Gasteiger partial charge < -0.3 is 14.4 Å². The largest absolute Gasteiger partial charge is 0.493 e. The van der Waals surface area contributed by atoms with Crippen LogP contribution in [0.15, 0.2) is 60.7 Å². The Morgan fingerprint density at radius 2 is 1.86 bits per heavy atom. The quantitative estimate of drug-likeness (QED) is 0.430. The molecular formula is C27H28ClN3O4. The molecule has 7 nitrogen and oxygen atoms in total. The molecule has 1 saturated heterocycles. The van der Waals surface area contributed by atoms with E-state index < -0.39 is 5.92 Å². The molecule has 0 bridgehead atoms. The third-order valence-electron chi connectivity index (χ3n) is 6.08. The van der Waals surface area contributed by atoms with E-state index in [4.69, 9.17) is 21.1 Å². The van der Waals surface area contributed by atoms with Crippen molar-refractivity contribution in [1.82, 2.24) is 5.43 Å². The summed E-state index contributed by atoms with van der Waals surface area (Å²) in [4.78, 5) is 27.0. The molecule has 3 aromatic rings. The highest BCUT2D eigenvalue weighted by Crippen LogP contribution is 2.38. The van der Waals surface area contributed by atoms with Crippen molar-refractivity contribution in [2.45, 2.75) is 26.9 Å². The normalized spacial score (nSPS) is 15.1. The number of halogens is 1. The average molecular weight is 494 g/mol. The highest BCUT2D eigenvalue weighted by atomic mass is 35.5. The second kappa shape index (κ2) is 10.7. The van der Waals surface area contributed by atoms with Crippen LogP contribution in [0.25, 0.3) is 0 Å². The maximum absolute atomic E-state index is 12.8. The van der Waals surface area contributed by atoms with E-state index in [1.807, 2.05) is 62.4 Å². The highest BCUT2D eigenvalue weighted by Gasteiger charge is 2.35. The van der Waals surface area contributed by atoms with Crippen molar-refractivity contribution in [3.8, 4) is 11.5 Å². The van der Waals surface area contributed by atoms with Crippen LogP contribution in [0.5, 0.6) is 11.5 Å². The Bertz CT molecular complexity index is 1230. The molecule has 2 N–H and O–H groups in total. The number of nitrogens with one attached hydrogen (secondary N) is 2. The lowest BCUT2D eigenvalue weighted by Crippen LogP contribution is -2.36. The van der Waals surface area contributed by atoms with E-state index in [-0.39, 0.29) is 18.2 Å². The van der Waals surface area contributed by atoms with Crippen LogP contribution in [-0.4, -0.2) is 25.5 Å². The third kappa shape index (κ3) is 5.69. The van der Waals surface area contributed by atoms with E-state index in [0.717, 1.165) is 22.4 Å². The Morgan fingerprint density at radius 1 is 1.09 bits per heavy atom. The van der Waals surface area contributed by atoms with Gasteiger partial charge in [-0.05, 0) is 48.7 Å². The molecule has 0 saturated carbocycles. The zero-order valence-electron chi connectivity index (χ0n) is 19.9. The average Bonchev–Trinajstić information content (AvgIpc) is 3.25. The number of anilines is 2. The minimum Gasteiger partial charge on any atom is -0.493 e. The number of ether oxygens (including phenoxy) is 2. The molecule has 1 fully saturated rings. The molecule has 0 unspecified atom stereocenters. The van der Waals surface area contributed by atoms with Gasteiger partial charge in [-0.25, -0.2) is 0 Å². The van der Waals surface area contributed by atoms with Gasteiger partial charge in [0.05, 0.1) is 23.7 Å². The van der Waals surface area contributed by atoms with Gasteiger partial charge in [0.15, 0.2) is 11.5 Å². The van der Waals surface area contributed by atoms with Crippen LogP contribution in [0.4, 0.5) is 11.4 Å². The van der Waals surface area contributed by atoms with Crippen LogP contribution in [0.3, 0.4) is 0 Å². The first kappa shape index (κ1) is 24.4. The summed E-state index contributed by atoms with van der Waals surface area (Å²) < 4.78 is 11.3. The number of hydrogen-bond acceptors (Lipinski definition) is 5. The smallest absolute Gasteiger partial charge is 0.243 e. The number of methoxy groups -OCH3 is 1. The topological polar surface area (TPSA) is 79.9 Å². The zero-order valence-corrected chi connectivity index (χ0v) is 20.7. The fraction of sp³-hybridized carbons (Fsp3) is 0.259. The number of hydrogen-bond donors (Lipinski definition) is 2. The van der Waals surface area contributed by atoms with Crippen molar-refractivity contribution >= 4 is 34.8 Å². The molecular weight excluding hydrogens is 466 g/mol. The van der Waals surface area contributed by atoms with Gasteiger partial charge in [0, 0.05) is 24.7 Å². The van der Waals surface area contributed by atoms with Gasteiger partial charge in [0.1, 0.15) is 6.61 Å². The minimum atomic E-state index is -0.470. The third-order valence-corrected chi connectivity index (χ3v) is 6.36. The Morgan fingerprint density at radius 3 is 2.57 bits per heavy atom. The van der Waals surface area contributed by atoms with E-state index in [1.54, 1.807) is 17.0 Å². The van der Waals surface area contributed by atoms with Crippen molar-refractivity contribution in [2.24, 2.45) is 5.92 Å². The van der Waals surface area contributed by atoms with Crippen LogP contribution in [0.1, 0.15) is 23.1 Å². The number of rotatable bonds is 8. The predicted octanol–water partition coefficient (Wildman–Crippen LogP) is 5.04. The Hall–Kier alpha value is -3.71. The molecule has 8 heteroatoms. The zero-order chi connectivity index (χ0) is 24.9. The standard InChI is InChI=1S/C27H28ClN3O4/c1-17-9-10-22(11-18(17)2)31-15-20(12-25(31)32)27(33)30-29-21-13-23(28)26(24(14-21)34-3)35-16-19-7-5-4-6-8-19/h4-11,13-14,20,29H,12,15-16H2,1-3H3,(H,30,33)/t20-/m1/s1. The minimum absolute atomic E-state index is 0.0713. The van der Waals surface area contributed by atoms with Crippen molar-refractivity contribution < 1.29 is 19.1 Å². The lowest BCUT2D eigenvalue weighted by atomic mass is 10.1. The van der Waals surface area contributed by atoms with Gasteiger partial charge >= 0.3 is 0 Å². The second-order valence-electron chi connectivity index (χ2n) is 8.55. The van der Waals surface area contributed by atoms with Crippen molar-refractivity contribution in [1.29, 1.82) is 0 Å². The molecule has 2 amide bonds. The maximum Gasteiger partial charge on any atom is 0.243 e. The summed E-state index contributed by atoms with van der Waals surface area (Å²) in [6.07, 6.45) is 0.150. The van der Waals surface area contributed by atoms with Crippen LogP contribution < -0.4 is 25.2 Å². The van der Waals surface area contributed by atoms with Crippen molar-refractivity contribution in [3.63, 3.8) is 0 Å². The molecule has 0 aliphatic carbocycles. The Labute approximate surface area is 210 Å². The molecule has 1 aliphatic rings. The van der Waals surface area contributed by atoms with Crippen molar-refractivity contribution in [2.75, 3.05) is 24.0 Å². The SMILES string of the molecule is COc1cc(NNC(=O)[C@@H]2CC(=O)N(c3ccc(C)c(C)c3)C2)cc(Cl)c1OCc1ccccc1. The van der Waals surface area contributed by atoms with Gasteiger partial charge in [-0.15, -0.1) is 0 Å². The summed E-state index contributed by atoms with van der Waals surface area (Å²) >= 11 is 6.44. The monoisotopic (exact) mass is 493 g/mol. The van der Waals surface area contributed by atoms with Gasteiger partial charge in [-0.2, -0.15) is 0 Å². The van der Waals surface area contributed by atoms with Gasteiger partial charge in [-0.3, -0.25) is 20.4 Å². The maximum atomic E-state index is 12.8. The molecule has 1 heterocycles. The number of nitrogens with zero attached hydrogens (tertiary/aromatic N) is 1. The number of hydrazine groups is 1. The number of carbonyl (C=O) groups is 2. The lowest BCUT2D eigenvalue weighted by molar-refractivity contribution is -0.125. The Kier molecular flexibility index (Phi) is 7.46. The van der Waals surface area contributed by atoms with Crippen molar-refractivity contribution in [3.05, 3.63) is 82.4 Å². The van der Waals surface area contributed by atoms with Gasteiger partial charge in [0.25, 0.3) is 0 Å². The second-order valence-corrected chi connectivity index (χ2v) is 8.96. The highest BCUT2D eigenvalue weighted by molar-refractivity contribution is 6.32. The number of benzene rings is 3. The van der Waals surface area contributed by atoms with Crippen LogP contribution in [0, 0.1) is 19.8 Å².